The fourth-order valence-electron chi connectivity index (χ4n) is 4.01. The number of aryl methyl sites for hydroxylation is 1. The fraction of sp³-hybridized carbons (Fsp3) is 0.476. The zero-order chi connectivity index (χ0) is 19.5. The summed E-state index contributed by atoms with van der Waals surface area (Å²) in [6.07, 6.45) is 3.51. The molecule has 0 radical (unpaired) electrons. The van der Waals surface area contributed by atoms with Crippen molar-refractivity contribution in [3.63, 3.8) is 0 Å². The van der Waals surface area contributed by atoms with Crippen molar-refractivity contribution >= 4 is 12.0 Å². The minimum absolute atomic E-state index is 0.0540. The minimum atomic E-state index is -0.306. The first-order chi connectivity index (χ1) is 13.7. The number of aromatic nitrogens is 2. The lowest BCUT2D eigenvalue weighted by Crippen LogP contribution is -2.50. The van der Waals surface area contributed by atoms with E-state index < -0.39 is 0 Å². The minimum Gasteiger partial charge on any atom is -0.450 e. The first-order valence-corrected chi connectivity index (χ1v) is 9.97. The average molecular weight is 382 g/mol. The summed E-state index contributed by atoms with van der Waals surface area (Å²) in [5.41, 5.74) is 1.85. The molecule has 2 aliphatic heterocycles. The van der Waals surface area contributed by atoms with Crippen LogP contribution in [0.1, 0.15) is 41.1 Å². The number of amides is 2. The van der Waals surface area contributed by atoms with Crippen molar-refractivity contribution in [3.8, 4) is 0 Å². The Morgan fingerprint density at radius 3 is 2.54 bits per heavy atom. The highest BCUT2D eigenvalue weighted by atomic mass is 16.6. The predicted molar refractivity (Wildman–Crippen MR) is 104 cm³/mol. The number of imidazole rings is 1. The molecule has 2 aromatic rings. The predicted octanol–water partition coefficient (Wildman–Crippen LogP) is 2.53. The van der Waals surface area contributed by atoms with Gasteiger partial charge in [-0.25, -0.2) is 9.78 Å². The number of carbonyl (C=O) groups is 2. The molecule has 1 saturated heterocycles. The molecule has 7 nitrogen and oxygen atoms in total. The summed E-state index contributed by atoms with van der Waals surface area (Å²) in [5.74, 6) is 1.39. The molecule has 3 heterocycles. The molecule has 1 fully saturated rings. The fourth-order valence-corrected chi connectivity index (χ4v) is 4.01. The molecule has 2 aliphatic rings. The van der Waals surface area contributed by atoms with Gasteiger partial charge in [0.2, 0.25) is 0 Å². The van der Waals surface area contributed by atoms with Crippen molar-refractivity contribution in [2.75, 3.05) is 32.8 Å². The zero-order valence-electron chi connectivity index (χ0n) is 16.2. The van der Waals surface area contributed by atoms with Gasteiger partial charge in [0.15, 0.2) is 0 Å². The van der Waals surface area contributed by atoms with Gasteiger partial charge in [0.25, 0.3) is 5.91 Å². The molecule has 0 bridgehead atoms. The zero-order valence-corrected chi connectivity index (χ0v) is 16.2. The van der Waals surface area contributed by atoms with Crippen molar-refractivity contribution in [3.05, 3.63) is 53.6 Å². The van der Waals surface area contributed by atoms with Gasteiger partial charge >= 0.3 is 6.09 Å². The van der Waals surface area contributed by atoms with Crippen molar-refractivity contribution < 1.29 is 14.3 Å². The number of piperazine rings is 1. The summed E-state index contributed by atoms with van der Waals surface area (Å²) < 4.78 is 7.16. The van der Waals surface area contributed by atoms with Gasteiger partial charge in [0, 0.05) is 51.3 Å². The molecule has 4 rings (SSSR count). The molecule has 1 atom stereocenters. The highest BCUT2D eigenvalue weighted by Gasteiger charge is 2.28. The number of ether oxygens (including phenoxy) is 1. The van der Waals surface area contributed by atoms with E-state index in [1.807, 2.05) is 12.3 Å². The highest BCUT2D eigenvalue weighted by molar-refractivity contribution is 5.92. The number of benzene rings is 1. The summed E-state index contributed by atoms with van der Waals surface area (Å²) in [7, 11) is 0. The Morgan fingerprint density at radius 2 is 1.82 bits per heavy atom. The SMILES string of the molecule is CCOC(=O)N1CCN(C(=O)c2cn3c(n2)CC[C@@H](c2ccccc2)C3)CC1. The van der Waals surface area contributed by atoms with E-state index in [0.29, 0.717) is 44.4 Å². The van der Waals surface area contributed by atoms with E-state index in [-0.39, 0.29) is 12.0 Å². The van der Waals surface area contributed by atoms with Gasteiger partial charge in [-0.1, -0.05) is 30.3 Å². The molecule has 2 amide bonds. The van der Waals surface area contributed by atoms with E-state index >= 15 is 0 Å². The number of fused-ring (bicyclic) bond motifs is 1. The molecule has 7 heteroatoms. The van der Waals surface area contributed by atoms with Crippen LogP contribution in [0.4, 0.5) is 4.79 Å². The molecular formula is C21H26N4O3. The van der Waals surface area contributed by atoms with Crippen LogP contribution < -0.4 is 0 Å². The molecule has 0 aliphatic carbocycles. The normalized spacial score (nSPS) is 19.2. The average Bonchev–Trinajstić information content (AvgIpc) is 3.17. The Bertz CT molecular complexity index is 841. The molecule has 1 aromatic carbocycles. The highest BCUT2D eigenvalue weighted by Crippen LogP contribution is 2.28. The molecule has 0 spiro atoms. The van der Waals surface area contributed by atoms with E-state index in [1.54, 1.807) is 16.7 Å². The van der Waals surface area contributed by atoms with Gasteiger partial charge in [0.1, 0.15) is 11.5 Å². The van der Waals surface area contributed by atoms with Crippen molar-refractivity contribution in [1.82, 2.24) is 19.4 Å². The molecular weight excluding hydrogens is 356 g/mol. The quantitative estimate of drug-likeness (QED) is 0.818. The van der Waals surface area contributed by atoms with Gasteiger partial charge in [-0.15, -0.1) is 0 Å². The van der Waals surface area contributed by atoms with Crippen LogP contribution in [0.2, 0.25) is 0 Å². The summed E-state index contributed by atoms with van der Waals surface area (Å²) in [4.78, 5) is 32.7. The first kappa shape index (κ1) is 18.5. The third kappa shape index (κ3) is 3.74. The van der Waals surface area contributed by atoms with Crippen LogP contribution in [0, 0.1) is 0 Å². The van der Waals surface area contributed by atoms with Gasteiger partial charge in [-0.2, -0.15) is 0 Å². The smallest absolute Gasteiger partial charge is 0.409 e. The third-order valence-corrected chi connectivity index (χ3v) is 5.58. The summed E-state index contributed by atoms with van der Waals surface area (Å²) >= 11 is 0. The van der Waals surface area contributed by atoms with Gasteiger partial charge in [-0.05, 0) is 18.9 Å². The number of hydrogen-bond donors (Lipinski definition) is 0. The van der Waals surface area contributed by atoms with Crippen molar-refractivity contribution in [2.45, 2.75) is 32.2 Å². The molecule has 1 aromatic heterocycles. The maximum absolute atomic E-state index is 12.9. The summed E-state index contributed by atoms with van der Waals surface area (Å²) in [6.45, 7) is 5.01. The monoisotopic (exact) mass is 382 g/mol. The lowest BCUT2D eigenvalue weighted by Gasteiger charge is -2.33. The van der Waals surface area contributed by atoms with Crippen molar-refractivity contribution in [2.24, 2.45) is 0 Å². The number of nitrogens with zero attached hydrogens (tertiary/aromatic N) is 4. The molecule has 28 heavy (non-hydrogen) atoms. The Kier molecular flexibility index (Phi) is 5.32. The molecule has 0 unspecified atom stereocenters. The molecule has 148 valence electrons. The standard InChI is InChI=1S/C21H26N4O3/c1-2-28-21(27)24-12-10-23(11-13-24)20(26)18-15-25-14-17(8-9-19(25)22-18)16-6-4-3-5-7-16/h3-7,15,17H,2,8-14H2,1H3/t17-/m1/s1. The van der Waals surface area contributed by atoms with Crippen LogP contribution in [0.3, 0.4) is 0 Å². The van der Waals surface area contributed by atoms with Gasteiger partial charge in [-0.3, -0.25) is 4.79 Å². The molecule has 0 saturated carbocycles. The van der Waals surface area contributed by atoms with Crippen LogP contribution >= 0.6 is 0 Å². The first-order valence-electron chi connectivity index (χ1n) is 9.97. The Hall–Kier alpha value is -2.83. The van der Waals surface area contributed by atoms with Gasteiger partial charge < -0.3 is 19.1 Å². The third-order valence-electron chi connectivity index (χ3n) is 5.58. The lowest BCUT2D eigenvalue weighted by molar-refractivity contribution is 0.0566. The maximum Gasteiger partial charge on any atom is 0.409 e. The van der Waals surface area contributed by atoms with E-state index in [9.17, 15) is 9.59 Å². The second kappa shape index (κ2) is 8.04. The van der Waals surface area contributed by atoms with Gasteiger partial charge in [0.05, 0.1) is 6.61 Å². The second-order valence-electron chi connectivity index (χ2n) is 7.32. The number of rotatable bonds is 3. The van der Waals surface area contributed by atoms with Crippen LogP contribution in [-0.4, -0.2) is 64.1 Å². The Morgan fingerprint density at radius 1 is 1.11 bits per heavy atom. The van der Waals surface area contributed by atoms with E-state index in [4.69, 9.17) is 4.74 Å². The maximum atomic E-state index is 12.9. The molecule has 0 N–H and O–H groups in total. The number of carbonyl (C=O) groups excluding carboxylic acids is 2. The van der Waals surface area contributed by atoms with E-state index in [2.05, 4.69) is 33.8 Å². The number of hydrogen-bond acceptors (Lipinski definition) is 4. The Balaban J connectivity index is 1.39. The lowest BCUT2D eigenvalue weighted by atomic mass is 9.92. The van der Waals surface area contributed by atoms with Crippen LogP contribution in [0.15, 0.2) is 36.5 Å². The topological polar surface area (TPSA) is 67.7 Å². The largest absolute Gasteiger partial charge is 0.450 e. The van der Waals surface area contributed by atoms with Crippen LogP contribution in [0.25, 0.3) is 0 Å². The van der Waals surface area contributed by atoms with Crippen LogP contribution in [0.5, 0.6) is 0 Å². The summed E-state index contributed by atoms with van der Waals surface area (Å²) in [5, 5.41) is 0. The second-order valence-corrected chi connectivity index (χ2v) is 7.32. The van der Waals surface area contributed by atoms with E-state index in [1.165, 1.54) is 5.56 Å². The van der Waals surface area contributed by atoms with E-state index in [0.717, 1.165) is 25.2 Å². The summed E-state index contributed by atoms with van der Waals surface area (Å²) in [6, 6.07) is 10.5. The van der Waals surface area contributed by atoms with Crippen LogP contribution in [-0.2, 0) is 17.7 Å². The Labute approximate surface area is 164 Å². The van der Waals surface area contributed by atoms with Crippen molar-refractivity contribution in [1.29, 1.82) is 0 Å².